The van der Waals surface area contributed by atoms with Crippen LogP contribution in [-0.2, 0) is 15.7 Å². The van der Waals surface area contributed by atoms with Crippen molar-refractivity contribution in [3.8, 4) is 5.75 Å². The van der Waals surface area contributed by atoms with Gasteiger partial charge in [-0.05, 0) is 25.0 Å². The monoisotopic (exact) mass is 328 g/mol. The van der Waals surface area contributed by atoms with E-state index in [1.54, 1.807) is 7.11 Å². The van der Waals surface area contributed by atoms with E-state index in [0.29, 0.717) is 18.7 Å². The minimum Gasteiger partial charge on any atom is -0.497 e. The van der Waals surface area contributed by atoms with Gasteiger partial charge in [-0.1, -0.05) is 0 Å². The maximum atomic E-state index is 11.6. The maximum Gasteiger partial charge on any atom is 0.150 e. The van der Waals surface area contributed by atoms with Gasteiger partial charge in [0.1, 0.15) is 21.4 Å². The van der Waals surface area contributed by atoms with Gasteiger partial charge in [-0.3, -0.25) is 0 Å². The Labute approximate surface area is 128 Å². The number of alkyl halides is 1. The van der Waals surface area contributed by atoms with Gasteiger partial charge in [0, 0.05) is 12.1 Å². The van der Waals surface area contributed by atoms with E-state index >= 15 is 0 Å². The predicted molar refractivity (Wildman–Crippen MR) is 82.8 cm³/mol. The summed E-state index contributed by atoms with van der Waals surface area (Å²) >= 11 is 6.02. The van der Waals surface area contributed by atoms with Crippen molar-refractivity contribution in [1.82, 2.24) is 9.55 Å². The average molecular weight is 329 g/mol. The number of hydrogen-bond acceptors (Lipinski definition) is 4. The van der Waals surface area contributed by atoms with Gasteiger partial charge < -0.3 is 9.30 Å². The molecule has 2 aromatic rings. The Morgan fingerprint density at radius 3 is 2.71 bits per heavy atom. The number of fused-ring (bicyclic) bond motifs is 1. The van der Waals surface area contributed by atoms with Gasteiger partial charge in [0.15, 0.2) is 0 Å². The summed E-state index contributed by atoms with van der Waals surface area (Å²) in [5.74, 6) is 2.30. The highest BCUT2D eigenvalue weighted by Gasteiger charge is 2.27. The Bertz CT molecular complexity index is 756. The van der Waals surface area contributed by atoms with Crippen LogP contribution in [0, 0.1) is 0 Å². The zero-order chi connectivity index (χ0) is 15.0. The SMILES string of the molecule is COc1ccc2nc(CCl)n(C3CCS(=O)(=O)CC3)c2c1. The van der Waals surface area contributed by atoms with Gasteiger partial charge in [0.25, 0.3) is 0 Å². The van der Waals surface area contributed by atoms with E-state index in [2.05, 4.69) is 9.55 Å². The number of benzene rings is 1. The molecule has 3 rings (SSSR count). The Morgan fingerprint density at radius 2 is 2.10 bits per heavy atom. The maximum absolute atomic E-state index is 11.6. The van der Waals surface area contributed by atoms with Crippen LogP contribution in [-0.4, -0.2) is 36.6 Å². The standard InChI is InChI=1S/C14H17ClN2O3S/c1-20-11-2-3-12-13(8-11)17(14(9-15)16-12)10-4-6-21(18,19)7-5-10/h2-3,8,10H,4-7,9H2,1H3. The number of aromatic nitrogens is 2. The van der Waals surface area contributed by atoms with Crippen molar-refractivity contribution < 1.29 is 13.2 Å². The predicted octanol–water partition coefficient (Wildman–Crippen LogP) is 2.53. The van der Waals surface area contributed by atoms with Crippen molar-refractivity contribution in [2.24, 2.45) is 0 Å². The Morgan fingerprint density at radius 1 is 1.38 bits per heavy atom. The molecule has 1 aromatic heterocycles. The highest BCUT2D eigenvalue weighted by molar-refractivity contribution is 7.91. The number of methoxy groups -OCH3 is 1. The van der Waals surface area contributed by atoms with Crippen molar-refractivity contribution in [1.29, 1.82) is 0 Å². The second-order valence-electron chi connectivity index (χ2n) is 5.27. The molecule has 0 radical (unpaired) electrons. The van der Waals surface area contributed by atoms with Gasteiger partial charge in [-0.15, -0.1) is 11.6 Å². The molecule has 0 N–H and O–H groups in total. The summed E-state index contributed by atoms with van der Waals surface area (Å²) in [5, 5.41) is 0. The molecular formula is C14H17ClN2O3S. The van der Waals surface area contributed by atoms with Crippen LogP contribution in [0.1, 0.15) is 24.7 Å². The van der Waals surface area contributed by atoms with Gasteiger partial charge in [0.2, 0.25) is 0 Å². The van der Waals surface area contributed by atoms with Gasteiger partial charge in [0.05, 0.1) is 35.5 Å². The fourth-order valence-electron chi connectivity index (χ4n) is 2.89. The molecule has 0 bridgehead atoms. The van der Waals surface area contributed by atoms with E-state index in [-0.39, 0.29) is 17.5 Å². The van der Waals surface area contributed by atoms with E-state index in [0.717, 1.165) is 22.6 Å². The molecule has 0 atom stereocenters. The first-order valence-electron chi connectivity index (χ1n) is 6.85. The fourth-order valence-corrected chi connectivity index (χ4v) is 4.54. The summed E-state index contributed by atoms with van der Waals surface area (Å²) in [6, 6.07) is 5.82. The Kier molecular flexibility index (Phi) is 3.84. The molecule has 21 heavy (non-hydrogen) atoms. The zero-order valence-electron chi connectivity index (χ0n) is 11.8. The normalized spacial score (nSPS) is 19.0. The minimum absolute atomic E-state index is 0.124. The first-order valence-corrected chi connectivity index (χ1v) is 9.21. The number of nitrogens with zero attached hydrogens (tertiary/aromatic N) is 2. The summed E-state index contributed by atoms with van der Waals surface area (Å²) in [4.78, 5) is 4.54. The third kappa shape index (κ3) is 2.74. The molecular weight excluding hydrogens is 312 g/mol. The van der Waals surface area contributed by atoms with E-state index in [4.69, 9.17) is 16.3 Å². The summed E-state index contributed by atoms with van der Waals surface area (Å²) in [5.41, 5.74) is 1.81. The molecule has 0 amide bonds. The fraction of sp³-hybridized carbons (Fsp3) is 0.500. The highest BCUT2D eigenvalue weighted by Crippen LogP contribution is 2.31. The van der Waals surface area contributed by atoms with E-state index < -0.39 is 9.84 Å². The van der Waals surface area contributed by atoms with Crippen LogP contribution in [0.4, 0.5) is 0 Å². The van der Waals surface area contributed by atoms with Gasteiger partial charge >= 0.3 is 0 Å². The third-order valence-corrected chi connectivity index (χ3v) is 5.93. The Hall–Kier alpha value is -1.27. The van der Waals surface area contributed by atoms with Crippen LogP contribution in [0.5, 0.6) is 5.75 Å². The molecule has 0 aliphatic carbocycles. The third-order valence-electron chi connectivity index (χ3n) is 3.98. The Balaban J connectivity index is 2.07. The molecule has 5 nitrogen and oxygen atoms in total. The second-order valence-corrected chi connectivity index (χ2v) is 7.84. The number of halogens is 1. The van der Waals surface area contributed by atoms with Crippen molar-refractivity contribution >= 4 is 32.5 Å². The number of ether oxygens (including phenoxy) is 1. The highest BCUT2D eigenvalue weighted by atomic mass is 35.5. The van der Waals surface area contributed by atoms with Crippen LogP contribution >= 0.6 is 11.6 Å². The molecule has 2 heterocycles. The summed E-state index contributed by atoms with van der Waals surface area (Å²) < 4.78 is 30.6. The molecule has 0 spiro atoms. The molecule has 1 aliphatic rings. The summed E-state index contributed by atoms with van der Waals surface area (Å²) in [7, 11) is -1.26. The molecule has 1 saturated heterocycles. The lowest BCUT2D eigenvalue weighted by Gasteiger charge is -2.25. The zero-order valence-corrected chi connectivity index (χ0v) is 13.3. The molecule has 1 aliphatic heterocycles. The lowest BCUT2D eigenvalue weighted by molar-refractivity contribution is 0.414. The van der Waals surface area contributed by atoms with Crippen LogP contribution in [0.25, 0.3) is 11.0 Å². The lowest BCUT2D eigenvalue weighted by atomic mass is 10.1. The van der Waals surface area contributed by atoms with E-state index in [9.17, 15) is 8.42 Å². The average Bonchev–Trinajstić information content (AvgIpc) is 2.85. The van der Waals surface area contributed by atoms with Gasteiger partial charge in [-0.2, -0.15) is 0 Å². The number of imidazole rings is 1. The van der Waals surface area contributed by atoms with Crippen LogP contribution in [0.15, 0.2) is 18.2 Å². The van der Waals surface area contributed by atoms with E-state index in [1.165, 1.54) is 0 Å². The number of sulfone groups is 1. The number of rotatable bonds is 3. The molecule has 1 fully saturated rings. The first-order chi connectivity index (χ1) is 10.0. The molecule has 0 saturated carbocycles. The smallest absolute Gasteiger partial charge is 0.150 e. The summed E-state index contributed by atoms with van der Waals surface area (Å²) in [6.45, 7) is 0. The lowest BCUT2D eigenvalue weighted by Crippen LogP contribution is -2.26. The van der Waals surface area contributed by atoms with Crippen molar-refractivity contribution in [3.05, 3.63) is 24.0 Å². The summed E-state index contributed by atoms with van der Waals surface area (Å²) in [6.07, 6.45) is 1.21. The molecule has 7 heteroatoms. The van der Waals surface area contributed by atoms with Crippen molar-refractivity contribution in [2.75, 3.05) is 18.6 Å². The first kappa shape index (κ1) is 14.7. The largest absolute Gasteiger partial charge is 0.497 e. The minimum atomic E-state index is -2.88. The van der Waals surface area contributed by atoms with Crippen LogP contribution in [0.3, 0.4) is 0 Å². The molecule has 0 unspecified atom stereocenters. The van der Waals surface area contributed by atoms with Crippen molar-refractivity contribution in [3.63, 3.8) is 0 Å². The van der Waals surface area contributed by atoms with Crippen LogP contribution in [0.2, 0.25) is 0 Å². The second kappa shape index (κ2) is 5.50. The van der Waals surface area contributed by atoms with Crippen LogP contribution < -0.4 is 4.74 Å². The topological polar surface area (TPSA) is 61.2 Å². The van der Waals surface area contributed by atoms with Crippen molar-refractivity contribution in [2.45, 2.75) is 24.8 Å². The molecule has 114 valence electrons. The van der Waals surface area contributed by atoms with Gasteiger partial charge in [-0.25, -0.2) is 13.4 Å². The molecule has 1 aromatic carbocycles. The quantitative estimate of drug-likeness (QED) is 0.812. The van der Waals surface area contributed by atoms with E-state index in [1.807, 2.05) is 18.2 Å². The number of hydrogen-bond donors (Lipinski definition) is 0.